The summed E-state index contributed by atoms with van der Waals surface area (Å²) in [5.41, 5.74) is 0.776. The van der Waals surface area contributed by atoms with Gasteiger partial charge in [-0.25, -0.2) is 0 Å². The zero-order valence-electron chi connectivity index (χ0n) is 11.6. The first-order valence-electron chi connectivity index (χ1n) is 7.45. The Bertz CT molecular complexity index is 490. The summed E-state index contributed by atoms with van der Waals surface area (Å²) < 4.78 is 6.07. The van der Waals surface area contributed by atoms with Gasteiger partial charge in [0.15, 0.2) is 0 Å². The van der Waals surface area contributed by atoms with Crippen LogP contribution in [0.3, 0.4) is 0 Å². The lowest BCUT2D eigenvalue weighted by molar-refractivity contribution is -0.0950. The molecule has 20 heavy (non-hydrogen) atoms. The van der Waals surface area contributed by atoms with Crippen LogP contribution in [0, 0.1) is 0 Å². The van der Waals surface area contributed by atoms with Crippen molar-refractivity contribution in [3.63, 3.8) is 0 Å². The molecule has 0 bridgehead atoms. The van der Waals surface area contributed by atoms with Gasteiger partial charge in [-0.05, 0) is 43.8 Å². The van der Waals surface area contributed by atoms with Gasteiger partial charge in [0, 0.05) is 11.4 Å². The number of carbonyl (C=O) groups is 1. The molecule has 1 amide bonds. The molecule has 1 unspecified atom stereocenters. The van der Waals surface area contributed by atoms with Gasteiger partial charge in [-0.15, -0.1) is 0 Å². The summed E-state index contributed by atoms with van der Waals surface area (Å²) in [5, 5.41) is 3.88. The van der Waals surface area contributed by atoms with Gasteiger partial charge in [0.05, 0.1) is 25.3 Å². The Morgan fingerprint density at radius 3 is 2.85 bits per heavy atom. The smallest absolute Gasteiger partial charge is 0.254 e. The monoisotopic (exact) mass is 292 g/mol. The highest BCUT2D eigenvalue weighted by Crippen LogP contribution is 2.38. The summed E-state index contributed by atoms with van der Waals surface area (Å²) in [6.07, 6.45) is 3.75. The molecule has 5 heteroatoms. The minimum Gasteiger partial charge on any atom is -0.370 e. The lowest BCUT2D eigenvalue weighted by Gasteiger charge is -2.47. The van der Waals surface area contributed by atoms with Crippen LogP contribution >= 0.6 is 11.3 Å². The Hall–Kier alpha value is -0.910. The summed E-state index contributed by atoms with van der Waals surface area (Å²) in [4.78, 5) is 16.7. The van der Waals surface area contributed by atoms with Crippen molar-refractivity contribution in [3.05, 3.63) is 22.4 Å². The fraction of sp³-hybridized carbons (Fsp3) is 0.667. The summed E-state index contributed by atoms with van der Waals surface area (Å²) in [7, 11) is 0. The average Bonchev–Trinajstić information content (AvgIpc) is 3.14. The van der Waals surface area contributed by atoms with E-state index in [2.05, 4.69) is 4.90 Å². The standard InChI is InChI=1S/C15H20N2O2S/c18-14(12-3-6-20-9-12)17-10-15(11-17)7-13(8-19-15)16-4-1-2-5-16/h3,6,9,13H,1-2,4-5,7-8,10-11H2. The molecule has 108 valence electrons. The van der Waals surface area contributed by atoms with Gasteiger partial charge in [0.2, 0.25) is 0 Å². The van der Waals surface area contributed by atoms with Gasteiger partial charge in [-0.1, -0.05) is 0 Å². The van der Waals surface area contributed by atoms with E-state index in [4.69, 9.17) is 4.74 Å². The Kier molecular flexibility index (Phi) is 3.09. The molecule has 4 rings (SSSR count). The van der Waals surface area contributed by atoms with E-state index >= 15 is 0 Å². The van der Waals surface area contributed by atoms with E-state index in [9.17, 15) is 4.79 Å². The second-order valence-electron chi connectivity index (χ2n) is 6.27. The average molecular weight is 292 g/mol. The number of hydrogen-bond donors (Lipinski definition) is 0. The Labute approximate surface area is 123 Å². The van der Waals surface area contributed by atoms with Crippen LogP contribution in [0.1, 0.15) is 29.6 Å². The minimum atomic E-state index is -0.0427. The van der Waals surface area contributed by atoms with E-state index in [1.807, 2.05) is 21.7 Å². The molecule has 3 aliphatic rings. The van der Waals surface area contributed by atoms with Crippen LogP contribution in [0.2, 0.25) is 0 Å². The molecule has 0 aliphatic carbocycles. The number of amides is 1. The third-order valence-corrected chi connectivity index (χ3v) is 5.54. The predicted molar refractivity (Wildman–Crippen MR) is 78.1 cm³/mol. The van der Waals surface area contributed by atoms with E-state index in [-0.39, 0.29) is 11.5 Å². The first kappa shape index (κ1) is 12.8. The van der Waals surface area contributed by atoms with Gasteiger partial charge < -0.3 is 9.64 Å². The molecular formula is C15H20N2O2S. The summed E-state index contributed by atoms with van der Waals surface area (Å²) >= 11 is 1.58. The zero-order chi connectivity index (χ0) is 13.6. The van der Waals surface area contributed by atoms with Crippen LogP contribution in [0.5, 0.6) is 0 Å². The lowest BCUT2D eigenvalue weighted by Crippen LogP contribution is -2.63. The number of thiophene rings is 1. The van der Waals surface area contributed by atoms with Crippen molar-refractivity contribution < 1.29 is 9.53 Å². The molecule has 4 nitrogen and oxygen atoms in total. The summed E-state index contributed by atoms with van der Waals surface area (Å²) in [6, 6.07) is 2.48. The van der Waals surface area contributed by atoms with Gasteiger partial charge in [0.25, 0.3) is 5.91 Å². The molecule has 0 N–H and O–H groups in total. The number of ether oxygens (including phenoxy) is 1. The largest absolute Gasteiger partial charge is 0.370 e. The number of nitrogens with zero attached hydrogens (tertiary/aromatic N) is 2. The van der Waals surface area contributed by atoms with Crippen molar-refractivity contribution in [2.45, 2.75) is 30.9 Å². The molecule has 1 aromatic rings. The van der Waals surface area contributed by atoms with E-state index in [0.717, 1.165) is 31.7 Å². The van der Waals surface area contributed by atoms with Gasteiger partial charge in [-0.3, -0.25) is 9.69 Å². The molecule has 3 saturated heterocycles. The lowest BCUT2D eigenvalue weighted by atomic mass is 9.88. The van der Waals surface area contributed by atoms with Crippen LogP contribution in [0.25, 0.3) is 0 Å². The first-order chi connectivity index (χ1) is 9.76. The number of carbonyl (C=O) groups excluding carboxylic acids is 1. The van der Waals surface area contributed by atoms with Crippen molar-refractivity contribution in [2.75, 3.05) is 32.8 Å². The number of likely N-dealkylation sites (tertiary alicyclic amines) is 2. The van der Waals surface area contributed by atoms with E-state index in [1.165, 1.54) is 25.9 Å². The molecule has 1 atom stereocenters. The third kappa shape index (κ3) is 2.08. The quantitative estimate of drug-likeness (QED) is 0.833. The van der Waals surface area contributed by atoms with Crippen LogP contribution in [0.4, 0.5) is 0 Å². The Balaban J connectivity index is 1.35. The van der Waals surface area contributed by atoms with Crippen LogP contribution in [-0.2, 0) is 4.74 Å². The minimum absolute atomic E-state index is 0.0427. The normalized spacial score (nSPS) is 29.0. The maximum atomic E-state index is 12.2. The second kappa shape index (κ2) is 4.83. The maximum Gasteiger partial charge on any atom is 0.254 e. The third-order valence-electron chi connectivity index (χ3n) is 4.86. The van der Waals surface area contributed by atoms with Gasteiger partial charge in [-0.2, -0.15) is 11.3 Å². The maximum absolute atomic E-state index is 12.2. The number of hydrogen-bond acceptors (Lipinski definition) is 4. The molecular weight excluding hydrogens is 272 g/mol. The topological polar surface area (TPSA) is 32.8 Å². The van der Waals surface area contributed by atoms with Crippen LogP contribution < -0.4 is 0 Å². The van der Waals surface area contributed by atoms with Crippen molar-refractivity contribution >= 4 is 17.2 Å². The van der Waals surface area contributed by atoms with Gasteiger partial charge in [0.1, 0.15) is 5.60 Å². The highest BCUT2D eigenvalue weighted by molar-refractivity contribution is 7.08. The zero-order valence-corrected chi connectivity index (χ0v) is 12.4. The van der Waals surface area contributed by atoms with Crippen molar-refractivity contribution in [2.24, 2.45) is 0 Å². The Morgan fingerprint density at radius 2 is 2.15 bits per heavy atom. The van der Waals surface area contributed by atoms with Crippen LogP contribution in [-0.4, -0.2) is 60.1 Å². The molecule has 1 spiro atoms. The molecule has 3 fully saturated rings. The molecule has 1 aromatic heterocycles. The van der Waals surface area contributed by atoms with Crippen molar-refractivity contribution in [1.29, 1.82) is 0 Å². The van der Waals surface area contributed by atoms with Crippen molar-refractivity contribution in [3.8, 4) is 0 Å². The Morgan fingerprint density at radius 1 is 1.35 bits per heavy atom. The summed E-state index contributed by atoms with van der Waals surface area (Å²) in [6.45, 7) is 4.84. The fourth-order valence-corrected chi connectivity index (χ4v) is 4.37. The molecule has 0 saturated carbocycles. The fourth-order valence-electron chi connectivity index (χ4n) is 3.74. The predicted octanol–water partition coefficient (Wildman–Crippen LogP) is 1.83. The molecule has 0 aromatic carbocycles. The van der Waals surface area contributed by atoms with Crippen LogP contribution in [0.15, 0.2) is 16.8 Å². The highest BCUT2D eigenvalue weighted by atomic mass is 32.1. The molecule has 3 aliphatic heterocycles. The first-order valence-corrected chi connectivity index (χ1v) is 8.40. The summed E-state index contributed by atoms with van der Waals surface area (Å²) in [5.74, 6) is 0.157. The molecule has 4 heterocycles. The van der Waals surface area contributed by atoms with E-state index in [1.54, 1.807) is 11.3 Å². The highest BCUT2D eigenvalue weighted by Gasteiger charge is 2.52. The second-order valence-corrected chi connectivity index (χ2v) is 7.05. The van der Waals surface area contributed by atoms with Crippen molar-refractivity contribution in [1.82, 2.24) is 9.80 Å². The molecule has 0 radical (unpaired) electrons. The van der Waals surface area contributed by atoms with E-state index < -0.39 is 0 Å². The van der Waals surface area contributed by atoms with E-state index in [0.29, 0.717) is 6.04 Å². The SMILES string of the molecule is O=C(c1ccsc1)N1CC2(CC(N3CCCC3)CO2)C1. The number of rotatable bonds is 2. The van der Waals surface area contributed by atoms with Gasteiger partial charge >= 0.3 is 0 Å².